The van der Waals surface area contributed by atoms with E-state index in [2.05, 4.69) is 20.9 Å². The zero-order valence-corrected chi connectivity index (χ0v) is 20.0. The van der Waals surface area contributed by atoms with Gasteiger partial charge in [-0.3, -0.25) is 9.59 Å². The zero-order valence-electron chi connectivity index (χ0n) is 20.0. The number of carbonyl (C=O) groups is 2. The van der Waals surface area contributed by atoms with E-state index in [1.54, 1.807) is 19.2 Å². The third kappa shape index (κ3) is 5.19. The molecule has 2 amide bonds. The van der Waals surface area contributed by atoms with Crippen LogP contribution in [-0.2, 0) is 4.79 Å². The number of methoxy groups -OCH3 is 1. The van der Waals surface area contributed by atoms with Crippen molar-refractivity contribution >= 4 is 23.2 Å². The van der Waals surface area contributed by atoms with Crippen molar-refractivity contribution in [1.29, 1.82) is 0 Å². The summed E-state index contributed by atoms with van der Waals surface area (Å²) in [6.45, 7) is 2.12. The van der Waals surface area contributed by atoms with Gasteiger partial charge in [-0.1, -0.05) is 12.1 Å². The van der Waals surface area contributed by atoms with E-state index in [0.29, 0.717) is 67.0 Å². The van der Waals surface area contributed by atoms with Gasteiger partial charge in [-0.15, -0.1) is 0 Å². The van der Waals surface area contributed by atoms with E-state index in [1.807, 2.05) is 42.5 Å². The Morgan fingerprint density at radius 2 is 2.00 bits per heavy atom. The molecule has 2 aliphatic heterocycles. The molecule has 9 heteroatoms. The molecule has 1 unspecified atom stereocenters. The Hall–Kier alpha value is -4.27. The lowest BCUT2D eigenvalue weighted by atomic mass is 9.99. The van der Waals surface area contributed by atoms with Crippen molar-refractivity contribution in [2.75, 3.05) is 38.7 Å². The Labute approximate surface area is 209 Å². The first-order valence-corrected chi connectivity index (χ1v) is 12.0. The summed E-state index contributed by atoms with van der Waals surface area (Å²) in [5.41, 5.74) is 3.46. The van der Waals surface area contributed by atoms with E-state index in [-0.39, 0.29) is 17.7 Å². The molecule has 0 radical (unpaired) electrons. The van der Waals surface area contributed by atoms with Crippen LogP contribution in [0.5, 0.6) is 17.4 Å². The molecule has 0 aliphatic carbocycles. The summed E-state index contributed by atoms with van der Waals surface area (Å²) in [7, 11) is 1.56. The van der Waals surface area contributed by atoms with Crippen molar-refractivity contribution in [3.05, 3.63) is 60.2 Å². The first-order valence-electron chi connectivity index (χ1n) is 12.0. The van der Waals surface area contributed by atoms with Gasteiger partial charge in [-0.2, -0.15) is 0 Å². The van der Waals surface area contributed by atoms with Gasteiger partial charge in [0.25, 0.3) is 5.91 Å². The summed E-state index contributed by atoms with van der Waals surface area (Å²) in [6.07, 6.45) is 1.28. The quantitative estimate of drug-likeness (QED) is 0.467. The molecule has 0 bridgehead atoms. The minimum absolute atomic E-state index is 0.0692. The monoisotopic (exact) mass is 488 g/mol. The molecule has 5 rings (SSSR count). The molecule has 9 nitrogen and oxygen atoms in total. The van der Waals surface area contributed by atoms with Crippen molar-refractivity contribution in [1.82, 2.24) is 15.6 Å². The number of hydrogen-bond donors (Lipinski definition) is 3. The van der Waals surface area contributed by atoms with Gasteiger partial charge in [-0.05, 0) is 54.8 Å². The highest BCUT2D eigenvalue weighted by Crippen LogP contribution is 2.40. The van der Waals surface area contributed by atoms with Crippen molar-refractivity contribution in [3.63, 3.8) is 0 Å². The minimum atomic E-state index is -0.160. The summed E-state index contributed by atoms with van der Waals surface area (Å²) in [5.74, 6) is 1.94. The molecule has 1 aromatic heterocycles. The van der Waals surface area contributed by atoms with Crippen LogP contribution in [0.4, 0.5) is 11.4 Å². The topological polar surface area (TPSA) is 111 Å². The van der Waals surface area contributed by atoms with E-state index in [1.165, 1.54) is 0 Å². The largest absolute Gasteiger partial charge is 0.486 e. The summed E-state index contributed by atoms with van der Waals surface area (Å²) in [6, 6.07) is 16.7. The predicted molar refractivity (Wildman–Crippen MR) is 135 cm³/mol. The molecule has 1 atom stereocenters. The Balaban J connectivity index is 1.29. The first kappa shape index (κ1) is 23.5. The highest BCUT2D eigenvalue weighted by molar-refractivity contribution is 5.95. The lowest BCUT2D eigenvalue weighted by molar-refractivity contribution is -0.122. The van der Waals surface area contributed by atoms with Crippen molar-refractivity contribution < 1.29 is 23.8 Å². The number of anilines is 2. The normalized spacial score (nSPS) is 16.6. The van der Waals surface area contributed by atoms with Gasteiger partial charge in [0, 0.05) is 36.3 Å². The SMILES string of the molecule is COc1nc(-c2cccc3c2OCCO3)ccc1Nc1cccc(C(=O)NCC2CCC(=O)NC2)c1. The Bertz CT molecular complexity index is 1270. The van der Waals surface area contributed by atoms with Crippen LogP contribution in [0.15, 0.2) is 54.6 Å². The Morgan fingerprint density at radius 1 is 1.14 bits per heavy atom. The Kier molecular flexibility index (Phi) is 6.88. The average Bonchev–Trinajstić information content (AvgIpc) is 2.92. The number of amides is 2. The maximum Gasteiger partial charge on any atom is 0.251 e. The molecule has 3 N–H and O–H groups in total. The van der Waals surface area contributed by atoms with E-state index < -0.39 is 0 Å². The van der Waals surface area contributed by atoms with E-state index in [4.69, 9.17) is 14.2 Å². The second-order valence-corrected chi connectivity index (χ2v) is 8.71. The second kappa shape index (κ2) is 10.6. The lowest BCUT2D eigenvalue weighted by Gasteiger charge is -2.22. The molecular formula is C27H28N4O5. The molecule has 3 heterocycles. The molecule has 0 saturated carbocycles. The molecule has 2 aromatic carbocycles. The number of nitrogens with one attached hydrogen (secondary N) is 3. The van der Waals surface area contributed by atoms with Crippen molar-refractivity contribution in [2.45, 2.75) is 12.8 Å². The van der Waals surface area contributed by atoms with Crippen molar-refractivity contribution in [3.8, 4) is 28.6 Å². The smallest absolute Gasteiger partial charge is 0.251 e. The molecule has 0 spiro atoms. The highest BCUT2D eigenvalue weighted by atomic mass is 16.6. The second-order valence-electron chi connectivity index (χ2n) is 8.71. The number of hydrogen-bond acceptors (Lipinski definition) is 7. The fourth-order valence-electron chi connectivity index (χ4n) is 4.31. The number of ether oxygens (including phenoxy) is 3. The van der Waals surface area contributed by atoms with Crippen LogP contribution in [0, 0.1) is 5.92 Å². The molecular weight excluding hydrogens is 460 g/mol. The van der Waals surface area contributed by atoms with Crippen LogP contribution in [0.2, 0.25) is 0 Å². The number of pyridine rings is 1. The van der Waals surface area contributed by atoms with Crippen molar-refractivity contribution in [2.24, 2.45) is 5.92 Å². The fourth-order valence-corrected chi connectivity index (χ4v) is 4.31. The van der Waals surface area contributed by atoms with Gasteiger partial charge < -0.3 is 30.2 Å². The molecule has 3 aromatic rings. The molecule has 1 saturated heterocycles. The maximum atomic E-state index is 12.7. The summed E-state index contributed by atoms with van der Waals surface area (Å²) in [5, 5.41) is 9.11. The minimum Gasteiger partial charge on any atom is -0.486 e. The number of rotatable bonds is 7. The van der Waals surface area contributed by atoms with E-state index in [0.717, 1.165) is 17.7 Å². The standard InChI is InChI=1S/C27H28N4O5/c1-34-27-22(10-9-21(31-27)20-6-3-7-23-25(20)36-13-12-35-23)30-19-5-2-4-18(14-19)26(33)29-16-17-8-11-24(32)28-15-17/h2-7,9-10,14,17,30H,8,11-13,15-16H2,1H3,(H,28,32)(H,29,33). The number of fused-ring (bicyclic) bond motifs is 1. The number of aromatic nitrogens is 1. The highest BCUT2D eigenvalue weighted by Gasteiger charge is 2.20. The van der Waals surface area contributed by atoms with Gasteiger partial charge in [0.05, 0.1) is 12.8 Å². The maximum absolute atomic E-state index is 12.7. The number of para-hydroxylation sites is 1. The van der Waals surface area contributed by atoms with Gasteiger partial charge >= 0.3 is 0 Å². The summed E-state index contributed by atoms with van der Waals surface area (Å²) in [4.78, 5) is 28.7. The van der Waals surface area contributed by atoms with E-state index in [9.17, 15) is 9.59 Å². The van der Waals surface area contributed by atoms with E-state index >= 15 is 0 Å². The Morgan fingerprint density at radius 3 is 2.83 bits per heavy atom. The van der Waals surface area contributed by atoms with Gasteiger partial charge in [0.15, 0.2) is 11.5 Å². The fraction of sp³-hybridized carbons (Fsp3) is 0.296. The van der Waals surface area contributed by atoms with Crippen LogP contribution in [0.25, 0.3) is 11.3 Å². The van der Waals surface area contributed by atoms with Crippen LogP contribution < -0.4 is 30.2 Å². The van der Waals surface area contributed by atoms with Crippen LogP contribution in [0.3, 0.4) is 0 Å². The summed E-state index contributed by atoms with van der Waals surface area (Å²) >= 11 is 0. The first-order chi connectivity index (χ1) is 17.6. The van der Waals surface area contributed by atoms with Gasteiger partial charge in [0.2, 0.25) is 11.8 Å². The molecule has 186 valence electrons. The van der Waals surface area contributed by atoms with Gasteiger partial charge in [0.1, 0.15) is 18.9 Å². The predicted octanol–water partition coefficient (Wildman–Crippen LogP) is 3.53. The summed E-state index contributed by atoms with van der Waals surface area (Å²) < 4.78 is 17.1. The van der Waals surface area contributed by atoms with Gasteiger partial charge in [-0.25, -0.2) is 4.98 Å². The number of carbonyl (C=O) groups excluding carboxylic acids is 2. The number of benzene rings is 2. The van der Waals surface area contributed by atoms with Crippen LogP contribution in [-0.4, -0.2) is 50.2 Å². The van der Waals surface area contributed by atoms with Crippen LogP contribution >= 0.6 is 0 Å². The average molecular weight is 489 g/mol. The zero-order chi connectivity index (χ0) is 24.9. The number of nitrogens with zero attached hydrogens (tertiary/aromatic N) is 1. The lowest BCUT2D eigenvalue weighted by Crippen LogP contribution is -2.40. The number of piperidine rings is 1. The third-order valence-electron chi connectivity index (χ3n) is 6.22. The molecule has 1 fully saturated rings. The molecule has 2 aliphatic rings. The molecule has 36 heavy (non-hydrogen) atoms. The van der Waals surface area contributed by atoms with Crippen LogP contribution in [0.1, 0.15) is 23.2 Å². The third-order valence-corrected chi connectivity index (χ3v) is 6.22.